The molecule has 2 unspecified atom stereocenters. The standard InChI is InChI=1S/C14H21NO3/c1-3-4-11-5-7-12(8-6-11)14(18)10(2)15-9-13(16)17/h5-8,10,14-15,18H,3-4,9H2,1-2H3,(H,16,17). The first kappa shape index (κ1) is 14.7. The highest BCUT2D eigenvalue weighted by atomic mass is 16.4. The Morgan fingerprint density at radius 2 is 1.94 bits per heavy atom. The molecule has 0 aliphatic carbocycles. The lowest BCUT2D eigenvalue weighted by atomic mass is 10.0. The number of hydrogen-bond donors (Lipinski definition) is 3. The van der Waals surface area contributed by atoms with Gasteiger partial charge < -0.3 is 15.5 Å². The van der Waals surface area contributed by atoms with Gasteiger partial charge in [-0.05, 0) is 24.5 Å². The second-order valence-electron chi connectivity index (χ2n) is 4.50. The average molecular weight is 251 g/mol. The second kappa shape index (κ2) is 7.13. The van der Waals surface area contributed by atoms with Crippen LogP contribution in [0, 0.1) is 0 Å². The number of nitrogens with one attached hydrogen (secondary N) is 1. The number of aliphatic carboxylic acids is 1. The van der Waals surface area contributed by atoms with Crippen molar-refractivity contribution in [1.29, 1.82) is 0 Å². The second-order valence-corrected chi connectivity index (χ2v) is 4.50. The van der Waals surface area contributed by atoms with Gasteiger partial charge in [0.15, 0.2) is 0 Å². The number of aliphatic hydroxyl groups excluding tert-OH is 1. The van der Waals surface area contributed by atoms with Gasteiger partial charge in [0.05, 0.1) is 12.6 Å². The topological polar surface area (TPSA) is 69.6 Å². The summed E-state index contributed by atoms with van der Waals surface area (Å²) < 4.78 is 0. The van der Waals surface area contributed by atoms with Gasteiger partial charge >= 0.3 is 5.97 Å². The largest absolute Gasteiger partial charge is 0.480 e. The fraction of sp³-hybridized carbons (Fsp3) is 0.500. The lowest BCUT2D eigenvalue weighted by Crippen LogP contribution is -2.35. The lowest BCUT2D eigenvalue weighted by Gasteiger charge is -2.20. The summed E-state index contributed by atoms with van der Waals surface area (Å²) in [5.74, 6) is -0.924. The molecule has 4 nitrogen and oxygen atoms in total. The van der Waals surface area contributed by atoms with E-state index in [1.165, 1.54) is 5.56 Å². The molecule has 0 aromatic heterocycles. The van der Waals surface area contributed by atoms with Crippen molar-refractivity contribution in [2.45, 2.75) is 38.8 Å². The third kappa shape index (κ3) is 4.47. The number of benzene rings is 1. The van der Waals surface area contributed by atoms with E-state index in [9.17, 15) is 9.90 Å². The molecule has 1 aromatic rings. The highest BCUT2D eigenvalue weighted by Crippen LogP contribution is 2.17. The molecule has 0 bridgehead atoms. The summed E-state index contributed by atoms with van der Waals surface area (Å²) in [4.78, 5) is 10.4. The predicted octanol–water partition coefficient (Wildman–Crippen LogP) is 1.74. The molecular weight excluding hydrogens is 230 g/mol. The third-order valence-electron chi connectivity index (χ3n) is 2.91. The van der Waals surface area contributed by atoms with Crippen LogP contribution in [0.25, 0.3) is 0 Å². The van der Waals surface area contributed by atoms with Crippen LogP contribution >= 0.6 is 0 Å². The molecule has 4 heteroatoms. The summed E-state index contributed by atoms with van der Waals surface area (Å²) in [5.41, 5.74) is 2.06. The van der Waals surface area contributed by atoms with E-state index in [0.717, 1.165) is 18.4 Å². The molecule has 0 aliphatic rings. The van der Waals surface area contributed by atoms with Gasteiger partial charge in [-0.15, -0.1) is 0 Å². The van der Waals surface area contributed by atoms with Gasteiger partial charge in [0.1, 0.15) is 0 Å². The Morgan fingerprint density at radius 1 is 1.33 bits per heavy atom. The van der Waals surface area contributed by atoms with Gasteiger partial charge in [-0.1, -0.05) is 37.6 Å². The van der Waals surface area contributed by atoms with E-state index in [0.29, 0.717) is 0 Å². The molecular formula is C14H21NO3. The molecule has 0 saturated carbocycles. The Bertz CT molecular complexity index is 375. The van der Waals surface area contributed by atoms with Crippen LogP contribution in [0.15, 0.2) is 24.3 Å². The van der Waals surface area contributed by atoms with Crippen LogP contribution in [-0.2, 0) is 11.2 Å². The SMILES string of the molecule is CCCc1ccc(C(O)C(C)NCC(=O)O)cc1. The van der Waals surface area contributed by atoms with Gasteiger partial charge in [-0.25, -0.2) is 0 Å². The zero-order chi connectivity index (χ0) is 13.5. The summed E-state index contributed by atoms with van der Waals surface area (Å²) >= 11 is 0. The molecule has 3 N–H and O–H groups in total. The smallest absolute Gasteiger partial charge is 0.317 e. The Morgan fingerprint density at radius 3 is 2.44 bits per heavy atom. The molecule has 0 fully saturated rings. The number of rotatable bonds is 7. The molecule has 0 aliphatic heterocycles. The van der Waals surface area contributed by atoms with Crippen molar-refractivity contribution in [3.8, 4) is 0 Å². The minimum absolute atomic E-state index is 0.147. The zero-order valence-corrected chi connectivity index (χ0v) is 10.9. The molecule has 0 saturated heterocycles. The highest BCUT2D eigenvalue weighted by molar-refractivity contribution is 5.69. The van der Waals surface area contributed by atoms with Crippen molar-refractivity contribution in [3.05, 3.63) is 35.4 Å². The average Bonchev–Trinajstić information content (AvgIpc) is 2.36. The molecule has 0 heterocycles. The van der Waals surface area contributed by atoms with Crippen LogP contribution in [0.4, 0.5) is 0 Å². The minimum Gasteiger partial charge on any atom is -0.480 e. The van der Waals surface area contributed by atoms with Gasteiger partial charge in [-0.2, -0.15) is 0 Å². The fourth-order valence-electron chi connectivity index (χ4n) is 1.82. The molecule has 1 aromatic carbocycles. The number of carboxylic acid groups (broad SMARTS) is 1. The van der Waals surface area contributed by atoms with Crippen LogP contribution in [-0.4, -0.2) is 28.8 Å². The van der Waals surface area contributed by atoms with Crippen LogP contribution in [0.2, 0.25) is 0 Å². The summed E-state index contributed by atoms with van der Waals surface area (Å²) in [7, 11) is 0. The van der Waals surface area contributed by atoms with Crippen molar-refractivity contribution in [2.75, 3.05) is 6.54 Å². The van der Waals surface area contributed by atoms with E-state index >= 15 is 0 Å². The Labute approximate surface area is 108 Å². The first-order valence-corrected chi connectivity index (χ1v) is 6.26. The maximum atomic E-state index is 10.4. The van der Waals surface area contributed by atoms with E-state index in [-0.39, 0.29) is 12.6 Å². The first-order valence-electron chi connectivity index (χ1n) is 6.26. The van der Waals surface area contributed by atoms with E-state index in [1.807, 2.05) is 24.3 Å². The van der Waals surface area contributed by atoms with Gasteiger partial charge in [0, 0.05) is 6.04 Å². The van der Waals surface area contributed by atoms with Crippen LogP contribution in [0.5, 0.6) is 0 Å². The van der Waals surface area contributed by atoms with E-state index < -0.39 is 12.1 Å². The van der Waals surface area contributed by atoms with Crippen molar-refractivity contribution in [3.63, 3.8) is 0 Å². The van der Waals surface area contributed by atoms with Crippen molar-refractivity contribution >= 4 is 5.97 Å². The quantitative estimate of drug-likeness (QED) is 0.690. The number of carboxylic acids is 1. The molecule has 0 spiro atoms. The van der Waals surface area contributed by atoms with Crippen LogP contribution in [0.1, 0.15) is 37.5 Å². The first-order chi connectivity index (χ1) is 8.54. The number of aryl methyl sites for hydroxylation is 1. The lowest BCUT2D eigenvalue weighted by molar-refractivity contribution is -0.136. The number of aliphatic hydroxyl groups is 1. The Kier molecular flexibility index (Phi) is 5.82. The Balaban J connectivity index is 2.59. The number of hydrogen-bond acceptors (Lipinski definition) is 3. The maximum Gasteiger partial charge on any atom is 0.317 e. The monoisotopic (exact) mass is 251 g/mol. The van der Waals surface area contributed by atoms with E-state index in [4.69, 9.17) is 5.11 Å². The molecule has 0 amide bonds. The zero-order valence-electron chi connectivity index (χ0n) is 10.9. The van der Waals surface area contributed by atoms with Crippen molar-refractivity contribution in [1.82, 2.24) is 5.32 Å². The maximum absolute atomic E-state index is 10.4. The minimum atomic E-state index is -0.924. The molecule has 100 valence electrons. The van der Waals surface area contributed by atoms with Gasteiger partial charge in [0.2, 0.25) is 0 Å². The normalized spacial score (nSPS) is 14.2. The molecule has 0 radical (unpaired) electrons. The van der Waals surface area contributed by atoms with E-state index in [1.54, 1.807) is 6.92 Å². The third-order valence-corrected chi connectivity index (χ3v) is 2.91. The number of carbonyl (C=O) groups is 1. The van der Waals surface area contributed by atoms with E-state index in [2.05, 4.69) is 12.2 Å². The summed E-state index contributed by atoms with van der Waals surface area (Å²) in [6, 6.07) is 7.51. The van der Waals surface area contributed by atoms with Crippen LogP contribution in [0.3, 0.4) is 0 Å². The van der Waals surface area contributed by atoms with Crippen molar-refractivity contribution in [2.24, 2.45) is 0 Å². The van der Waals surface area contributed by atoms with Gasteiger partial charge in [0.25, 0.3) is 0 Å². The molecule has 18 heavy (non-hydrogen) atoms. The van der Waals surface area contributed by atoms with Crippen LogP contribution < -0.4 is 5.32 Å². The van der Waals surface area contributed by atoms with Crippen molar-refractivity contribution < 1.29 is 15.0 Å². The summed E-state index contributed by atoms with van der Waals surface area (Å²) in [6.07, 6.45) is 1.43. The summed E-state index contributed by atoms with van der Waals surface area (Å²) in [6.45, 7) is 3.75. The predicted molar refractivity (Wildman–Crippen MR) is 70.5 cm³/mol. The highest BCUT2D eigenvalue weighted by Gasteiger charge is 2.16. The molecule has 2 atom stereocenters. The molecule has 1 rings (SSSR count). The van der Waals surface area contributed by atoms with Gasteiger partial charge in [-0.3, -0.25) is 4.79 Å². The Hall–Kier alpha value is -1.39. The fourth-order valence-corrected chi connectivity index (χ4v) is 1.82. The summed E-state index contributed by atoms with van der Waals surface area (Å²) in [5, 5.41) is 21.4.